The molecule has 1 N–H and O–H groups in total. The third-order valence-electron chi connectivity index (χ3n) is 6.08. The molecule has 34 heavy (non-hydrogen) atoms. The van der Waals surface area contributed by atoms with Gasteiger partial charge in [-0.1, -0.05) is 38.4 Å². The summed E-state index contributed by atoms with van der Waals surface area (Å²) >= 11 is 6.01. The van der Waals surface area contributed by atoms with Gasteiger partial charge in [0.2, 0.25) is 0 Å². The highest BCUT2D eigenvalue weighted by Gasteiger charge is 2.45. The largest absolute Gasteiger partial charge is 0.489 e. The molecular weight excluding hydrogens is 471 g/mol. The number of halogens is 4. The Labute approximate surface area is 199 Å². The fraction of sp³-hybridized carbons (Fsp3) is 0.417. The summed E-state index contributed by atoms with van der Waals surface area (Å²) in [6.07, 6.45) is 0.230. The van der Waals surface area contributed by atoms with Gasteiger partial charge in [-0.2, -0.15) is 13.2 Å². The van der Waals surface area contributed by atoms with Gasteiger partial charge in [-0.05, 0) is 29.7 Å². The van der Waals surface area contributed by atoms with Crippen LogP contribution in [0.15, 0.2) is 48.9 Å². The molecule has 2 heterocycles. The number of pyridine rings is 1. The van der Waals surface area contributed by atoms with Gasteiger partial charge >= 0.3 is 12.3 Å². The molecule has 0 radical (unpaired) electrons. The van der Waals surface area contributed by atoms with Crippen LogP contribution >= 0.6 is 11.6 Å². The topological polar surface area (TPSA) is 67.1 Å². The Bertz CT molecular complexity index is 1200. The molecule has 1 saturated carbocycles. The maximum Gasteiger partial charge on any atom is 0.416 e. The predicted molar refractivity (Wildman–Crippen MR) is 121 cm³/mol. The van der Waals surface area contributed by atoms with Crippen molar-refractivity contribution in [2.24, 2.45) is 5.41 Å². The van der Waals surface area contributed by atoms with Gasteiger partial charge in [-0.15, -0.1) is 0 Å². The number of nitrogens with zero attached hydrogens (tertiary/aromatic N) is 3. The van der Waals surface area contributed by atoms with Crippen molar-refractivity contribution in [2.45, 2.75) is 58.0 Å². The Morgan fingerprint density at radius 2 is 1.94 bits per heavy atom. The lowest BCUT2D eigenvalue weighted by Gasteiger charge is -2.48. The lowest BCUT2D eigenvalue weighted by atomic mass is 9.78. The second kappa shape index (κ2) is 8.69. The number of carbonyl (C=O) groups is 1. The van der Waals surface area contributed by atoms with E-state index in [-0.39, 0.29) is 22.9 Å². The number of hydrogen-bond acceptors (Lipinski definition) is 3. The van der Waals surface area contributed by atoms with Crippen LogP contribution in [-0.2, 0) is 6.18 Å². The third kappa shape index (κ3) is 4.66. The van der Waals surface area contributed by atoms with Gasteiger partial charge in [0.15, 0.2) is 0 Å². The van der Waals surface area contributed by atoms with Crippen LogP contribution in [0.1, 0.15) is 50.8 Å². The second-order valence-electron chi connectivity index (χ2n) is 9.59. The van der Waals surface area contributed by atoms with Crippen molar-refractivity contribution in [1.82, 2.24) is 14.3 Å². The standard InChI is InChI=1S/C24H25ClF3N3O3/c1-23(2,3)20(17-5-4-9-30-10-8-29-21(17)30)31(22(32)33)15-12-16(13-15)34-19-7-6-14(11-18(19)25)24(26,27)28/h4-11,15-16,20H,12-13H2,1-3H3,(H,32,33). The molecule has 1 aliphatic rings. The summed E-state index contributed by atoms with van der Waals surface area (Å²) in [5.74, 6) is 0.148. The summed E-state index contributed by atoms with van der Waals surface area (Å²) in [6, 6.07) is 5.90. The molecule has 1 fully saturated rings. The zero-order valence-electron chi connectivity index (χ0n) is 18.9. The van der Waals surface area contributed by atoms with Crippen molar-refractivity contribution in [3.63, 3.8) is 0 Å². The van der Waals surface area contributed by atoms with E-state index in [1.807, 2.05) is 49.7 Å². The van der Waals surface area contributed by atoms with Crippen molar-refractivity contribution in [2.75, 3.05) is 0 Å². The number of benzene rings is 1. The molecule has 6 nitrogen and oxygen atoms in total. The van der Waals surface area contributed by atoms with Gasteiger partial charge in [0, 0.05) is 43.0 Å². The summed E-state index contributed by atoms with van der Waals surface area (Å²) < 4.78 is 46.3. The Hall–Kier alpha value is -2.94. The van der Waals surface area contributed by atoms with Crippen LogP contribution in [0.5, 0.6) is 5.75 Å². The van der Waals surface area contributed by atoms with E-state index < -0.39 is 29.3 Å². The average molecular weight is 496 g/mol. The van der Waals surface area contributed by atoms with Crippen molar-refractivity contribution in [3.05, 3.63) is 65.1 Å². The number of rotatable bonds is 5. The van der Waals surface area contributed by atoms with Crippen molar-refractivity contribution >= 4 is 23.3 Å². The molecule has 0 spiro atoms. The van der Waals surface area contributed by atoms with Gasteiger partial charge in [-0.25, -0.2) is 9.78 Å². The van der Waals surface area contributed by atoms with Crippen LogP contribution in [0.4, 0.5) is 18.0 Å². The summed E-state index contributed by atoms with van der Waals surface area (Å²) in [5, 5.41) is 10.1. The maximum absolute atomic E-state index is 12.9. The van der Waals surface area contributed by atoms with E-state index in [9.17, 15) is 23.1 Å². The van der Waals surface area contributed by atoms with Crippen LogP contribution in [0.3, 0.4) is 0 Å². The molecule has 0 aliphatic heterocycles. The fourth-order valence-electron chi connectivity index (χ4n) is 4.51. The number of amides is 1. The molecule has 1 amide bonds. The minimum Gasteiger partial charge on any atom is -0.489 e. The minimum atomic E-state index is -4.49. The monoisotopic (exact) mass is 495 g/mol. The zero-order chi connectivity index (χ0) is 24.8. The third-order valence-corrected chi connectivity index (χ3v) is 6.37. The highest BCUT2D eigenvalue weighted by molar-refractivity contribution is 6.32. The smallest absolute Gasteiger partial charge is 0.416 e. The van der Waals surface area contributed by atoms with Gasteiger partial charge in [-0.3, -0.25) is 4.90 Å². The molecule has 1 aromatic carbocycles. The van der Waals surface area contributed by atoms with E-state index in [4.69, 9.17) is 16.3 Å². The molecule has 1 atom stereocenters. The molecule has 4 rings (SSSR count). The fourth-order valence-corrected chi connectivity index (χ4v) is 4.73. The lowest BCUT2D eigenvalue weighted by Crippen LogP contribution is -2.54. The summed E-state index contributed by atoms with van der Waals surface area (Å²) in [4.78, 5) is 18.3. The minimum absolute atomic E-state index is 0.132. The van der Waals surface area contributed by atoms with Gasteiger partial charge in [0.05, 0.1) is 16.6 Å². The first kappa shape index (κ1) is 24.2. The second-order valence-corrected chi connectivity index (χ2v) is 10.00. The highest BCUT2D eigenvalue weighted by Crippen LogP contribution is 2.45. The lowest BCUT2D eigenvalue weighted by molar-refractivity contribution is -0.137. The van der Waals surface area contributed by atoms with Gasteiger partial charge in [0.25, 0.3) is 0 Å². The van der Waals surface area contributed by atoms with Crippen molar-refractivity contribution < 1.29 is 27.8 Å². The highest BCUT2D eigenvalue weighted by atomic mass is 35.5. The van der Waals surface area contributed by atoms with Crippen molar-refractivity contribution in [3.8, 4) is 5.75 Å². The first-order valence-corrected chi connectivity index (χ1v) is 11.2. The van der Waals surface area contributed by atoms with E-state index in [2.05, 4.69) is 4.98 Å². The number of carboxylic acid groups (broad SMARTS) is 1. The Balaban J connectivity index is 1.55. The molecule has 1 unspecified atom stereocenters. The Morgan fingerprint density at radius 1 is 1.24 bits per heavy atom. The Morgan fingerprint density at radius 3 is 2.53 bits per heavy atom. The van der Waals surface area contributed by atoms with Crippen molar-refractivity contribution in [1.29, 1.82) is 0 Å². The quantitative estimate of drug-likeness (QED) is 0.428. The molecule has 1 aliphatic carbocycles. The van der Waals surface area contributed by atoms with E-state index in [0.717, 1.165) is 17.7 Å². The molecule has 2 aromatic heterocycles. The SMILES string of the molecule is CC(C)(C)C(c1cccn2ccnc12)N(C(=O)O)C1CC(Oc2ccc(C(F)(F)F)cc2Cl)C1. The number of ether oxygens (including phenoxy) is 1. The van der Waals surface area contributed by atoms with Crippen LogP contribution < -0.4 is 4.74 Å². The zero-order valence-corrected chi connectivity index (χ0v) is 19.6. The first-order chi connectivity index (χ1) is 15.9. The van der Waals surface area contributed by atoms with E-state index in [1.54, 1.807) is 6.20 Å². The molecule has 3 aromatic rings. The van der Waals surface area contributed by atoms with E-state index in [1.165, 1.54) is 11.0 Å². The Kier molecular flexibility index (Phi) is 6.18. The predicted octanol–water partition coefficient (Wildman–Crippen LogP) is 6.68. The number of hydrogen-bond donors (Lipinski definition) is 1. The molecule has 0 saturated heterocycles. The van der Waals surface area contributed by atoms with E-state index in [0.29, 0.717) is 18.5 Å². The molecular formula is C24H25ClF3N3O3. The summed E-state index contributed by atoms with van der Waals surface area (Å²) in [7, 11) is 0. The van der Waals surface area contributed by atoms with Gasteiger partial charge < -0.3 is 14.2 Å². The number of alkyl halides is 3. The normalized spacial score (nSPS) is 19.5. The molecule has 182 valence electrons. The van der Waals surface area contributed by atoms with Crippen LogP contribution in [-0.4, -0.2) is 37.6 Å². The number of fused-ring (bicyclic) bond motifs is 1. The summed E-state index contributed by atoms with van der Waals surface area (Å²) in [6.45, 7) is 5.94. The van der Waals surface area contributed by atoms with Crippen LogP contribution in [0, 0.1) is 5.41 Å². The van der Waals surface area contributed by atoms with Crippen LogP contribution in [0.25, 0.3) is 5.65 Å². The first-order valence-electron chi connectivity index (χ1n) is 10.8. The summed E-state index contributed by atoms with van der Waals surface area (Å²) in [5.41, 5.74) is 0.207. The maximum atomic E-state index is 12.9. The molecule has 0 bridgehead atoms. The van der Waals surface area contributed by atoms with Crippen LogP contribution in [0.2, 0.25) is 5.02 Å². The van der Waals surface area contributed by atoms with Gasteiger partial charge in [0.1, 0.15) is 17.5 Å². The van der Waals surface area contributed by atoms with E-state index >= 15 is 0 Å². The average Bonchev–Trinajstić information content (AvgIpc) is 3.17. The number of aromatic nitrogens is 2. The number of imidazole rings is 1. The molecule has 10 heteroatoms.